The zero-order valence-corrected chi connectivity index (χ0v) is 50.1. The Morgan fingerprint density at radius 2 is 0.892 bits per heavy atom. The van der Waals surface area contributed by atoms with E-state index < -0.39 is 26.2 Å². The first-order valence-electron chi connectivity index (χ1n) is 26.2. The molecular formula is C59H87BrClFN4O6S2. The molecule has 0 atom stereocenters. The Bertz CT molecular complexity index is 2480. The quantitative estimate of drug-likeness (QED) is 0.0797. The highest BCUT2D eigenvalue weighted by Crippen LogP contribution is 2.21. The normalized spacial score (nSPS) is 9.70. The lowest BCUT2D eigenvalue weighted by molar-refractivity contribution is -0.119. The molecule has 0 unspecified atom stereocenters. The van der Waals surface area contributed by atoms with Crippen molar-refractivity contribution in [1.82, 2.24) is 14.7 Å². The maximum Gasteiger partial charge on any atom is 0.261 e. The van der Waals surface area contributed by atoms with Crippen molar-refractivity contribution >= 4 is 57.3 Å². The Morgan fingerprint density at radius 3 is 1.23 bits per heavy atom. The van der Waals surface area contributed by atoms with Gasteiger partial charge in [0.1, 0.15) is 11.6 Å². The van der Waals surface area contributed by atoms with Gasteiger partial charge in [0.2, 0.25) is 10.0 Å². The molecule has 0 fully saturated rings. The van der Waals surface area contributed by atoms with E-state index >= 15 is 0 Å². The first-order valence-corrected chi connectivity index (χ1v) is 30.1. The molecule has 0 aliphatic rings. The number of rotatable bonds is 18. The van der Waals surface area contributed by atoms with Crippen LogP contribution in [0.15, 0.2) is 166 Å². The molecule has 0 saturated carbocycles. The largest absolute Gasteiger partial charge is 0.326 e. The molecule has 6 rings (SSSR count). The maximum atomic E-state index is 12.5. The zero-order chi connectivity index (χ0) is 57.9. The molecule has 6 aromatic rings. The van der Waals surface area contributed by atoms with Gasteiger partial charge in [-0.2, -0.15) is 0 Å². The molecular weight excluding hydrogens is 1060 g/mol. The summed E-state index contributed by atoms with van der Waals surface area (Å²) in [6, 6.07) is 38.1. The highest BCUT2D eigenvalue weighted by Gasteiger charge is 2.16. The van der Waals surface area contributed by atoms with Crippen molar-refractivity contribution in [1.29, 1.82) is 0 Å². The van der Waals surface area contributed by atoms with Gasteiger partial charge in [-0.3, -0.25) is 23.9 Å². The number of hydrogen-bond acceptors (Lipinski definition) is 9. The van der Waals surface area contributed by atoms with Crippen LogP contribution in [0.4, 0.5) is 4.39 Å². The minimum absolute atomic E-state index is 0.136. The smallest absolute Gasteiger partial charge is 0.261 e. The summed E-state index contributed by atoms with van der Waals surface area (Å²) in [7, 11) is -3.10. The molecule has 0 bridgehead atoms. The van der Waals surface area contributed by atoms with Crippen LogP contribution in [0.3, 0.4) is 0 Å². The number of Topliss-reactive ketones (excluding diaryl/α,β-unsaturated/α-hetero) is 2. The molecule has 3 N–H and O–H groups in total. The van der Waals surface area contributed by atoms with Crippen molar-refractivity contribution in [2.75, 3.05) is 7.15 Å². The average molecular weight is 1150 g/mol. The number of ketones is 2. The van der Waals surface area contributed by atoms with E-state index in [2.05, 4.69) is 42.8 Å². The molecule has 74 heavy (non-hydrogen) atoms. The second-order valence-electron chi connectivity index (χ2n) is 13.6. The molecule has 412 valence electrons. The van der Waals surface area contributed by atoms with Crippen molar-refractivity contribution in [3.63, 3.8) is 0 Å². The maximum absolute atomic E-state index is 12.5. The summed E-state index contributed by atoms with van der Waals surface area (Å²) < 4.78 is 64.7. The second kappa shape index (κ2) is 50.2. The summed E-state index contributed by atoms with van der Waals surface area (Å²) in [5.41, 5.74) is 12.0. The Balaban J connectivity index is -0.000000482. The second-order valence-corrected chi connectivity index (χ2v) is 18.8. The molecule has 2 heterocycles. The highest BCUT2D eigenvalue weighted by molar-refractivity contribution is 9.10. The first kappa shape index (κ1) is 73.3. The van der Waals surface area contributed by atoms with Gasteiger partial charge in [0.05, 0.1) is 18.3 Å². The third kappa shape index (κ3) is 36.1. The average Bonchev–Trinajstić information content (AvgIpc) is 3.47. The van der Waals surface area contributed by atoms with Crippen LogP contribution >= 0.6 is 26.6 Å². The number of aromatic nitrogens is 2. The lowest BCUT2D eigenvalue weighted by Gasteiger charge is -2.09. The van der Waals surface area contributed by atoms with Gasteiger partial charge in [-0.1, -0.05) is 174 Å². The molecule has 0 amide bonds. The van der Waals surface area contributed by atoms with Gasteiger partial charge >= 0.3 is 0 Å². The fourth-order valence-corrected chi connectivity index (χ4v) is 8.45. The van der Waals surface area contributed by atoms with Crippen LogP contribution in [-0.4, -0.2) is 45.5 Å². The summed E-state index contributed by atoms with van der Waals surface area (Å²) in [5.74, 6) is 0.529. The van der Waals surface area contributed by atoms with E-state index in [0.29, 0.717) is 55.3 Å². The number of hydrogen-bond donors (Lipinski definition) is 2. The number of aryl methyl sites for hydroxylation is 4. The van der Waals surface area contributed by atoms with Crippen molar-refractivity contribution in [2.45, 2.75) is 157 Å². The number of nitrogens with zero attached hydrogens (tertiary/aromatic N) is 2. The minimum atomic E-state index is -3.60. The highest BCUT2D eigenvalue weighted by atomic mass is 79.9. The molecule has 4 aromatic carbocycles. The lowest BCUT2D eigenvalue weighted by atomic mass is 10.0. The van der Waals surface area contributed by atoms with E-state index in [1.807, 2.05) is 150 Å². The number of carbonyl (C=O) groups is 2. The number of halogens is 3. The van der Waals surface area contributed by atoms with Crippen molar-refractivity contribution < 1.29 is 32.2 Å². The van der Waals surface area contributed by atoms with Crippen molar-refractivity contribution in [3.05, 3.63) is 190 Å². The number of nitrogens with one attached hydrogen (secondary N) is 1. The van der Waals surface area contributed by atoms with Gasteiger partial charge in [-0.15, -0.1) is 0 Å². The molecule has 0 spiro atoms. The van der Waals surface area contributed by atoms with Crippen LogP contribution in [-0.2, 0) is 67.4 Å². The Hall–Kier alpha value is -4.96. The van der Waals surface area contributed by atoms with Crippen molar-refractivity contribution in [3.8, 4) is 0 Å². The molecule has 10 nitrogen and oxygen atoms in total. The SMILES string of the molecule is CC.CC.CC.CC.CC.CC.NCc1ccc(CCC(=O)CCc2cccnc2)cc1.O=C(CCc1ccc(CNS(=O)(=O)c2ccccc2Br)cc1)CCc1cccnc1.O=S(=O)(Cl)c1ccccc1.[2H]CF. The van der Waals surface area contributed by atoms with Crippen molar-refractivity contribution in [2.24, 2.45) is 5.73 Å². The van der Waals surface area contributed by atoms with Gasteiger partial charge in [0, 0.05) is 78.7 Å². The molecule has 0 radical (unpaired) electrons. The van der Waals surface area contributed by atoms with Gasteiger partial charge in [0.25, 0.3) is 9.05 Å². The number of carbonyl (C=O) groups excluding carboxylic acids is 2. The van der Waals surface area contributed by atoms with Crippen LogP contribution < -0.4 is 10.5 Å². The summed E-state index contributed by atoms with van der Waals surface area (Å²) in [5, 5.41) is 0. The van der Waals surface area contributed by atoms with E-state index in [0.717, 1.165) is 40.7 Å². The molecule has 15 heteroatoms. The molecule has 0 aliphatic heterocycles. The number of nitrogens with two attached hydrogens (primary N) is 1. The Labute approximate surface area is 461 Å². The lowest BCUT2D eigenvalue weighted by Crippen LogP contribution is -2.23. The van der Waals surface area contributed by atoms with E-state index in [1.54, 1.807) is 61.1 Å². The van der Waals surface area contributed by atoms with E-state index in [9.17, 15) is 30.8 Å². The van der Waals surface area contributed by atoms with Crippen LogP contribution in [0.5, 0.6) is 0 Å². The van der Waals surface area contributed by atoms with Crippen LogP contribution in [0.25, 0.3) is 0 Å². The van der Waals surface area contributed by atoms with E-state index in [1.165, 1.54) is 17.7 Å². The fourth-order valence-electron chi connectivity index (χ4n) is 5.64. The molecule has 2 aromatic heterocycles. The van der Waals surface area contributed by atoms with Crippen LogP contribution in [0, 0.1) is 0 Å². The van der Waals surface area contributed by atoms with Crippen LogP contribution in [0.2, 0.25) is 0 Å². The minimum Gasteiger partial charge on any atom is -0.326 e. The topological polar surface area (TPSA) is 166 Å². The monoisotopic (exact) mass is 1150 g/mol. The third-order valence-corrected chi connectivity index (χ3v) is 12.9. The fraction of sp³-hybridized carbons (Fsp3) is 0.390. The Morgan fingerprint density at radius 1 is 0.541 bits per heavy atom. The molecule has 0 aliphatic carbocycles. The van der Waals surface area contributed by atoms with Gasteiger partial charge in [0.15, 0.2) is 0 Å². The van der Waals surface area contributed by atoms with Gasteiger partial charge in [-0.05, 0) is 111 Å². The Kier molecular flexibility index (Phi) is 49.7. The molecule has 0 saturated heterocycles. The van der Waals surface area contributed by atoms with Crippen LogP contribution in [0.1, 0.15) is 144 Å². The standard InChI is InChI=1S/C23H23BrN2O3S.C17H20N2O.C6H5ClO2S.6C2H6.CH3F/c24-22-5-1-2-6-23(22)30(28,29)26-17-20-9-7-18(8-10-20)11-13-21(27)14-12-19-4-3-15-25-16-19;18-12-15-5-3-14(4-6-15)7-9-17(20)10-8-16-2-1-11-19-13-16;7-10(8,9)6-4-2-1-3-5-6;7*1-2/h1-10,15-16,26H,11-14,17H2;1-6,11,13H,7-10,12,18H2;1-5H;6*1-2H3;1H3/i;;;;;;;;;1D. The first-order chi connectivity index (χ1) is 36.2. The number of alkyl halides is 1. The third-order valence-electron chi connectivity index (χ3n) is 9.11. The summed E-state index contributed by atoms with van der Waals surface area (Å²) >= 11 is 3.27. The number of pyridine rings is 2. The predicted octanol–water partition coefficient (Wildman–Crippen LogP) is 15.5. The number of benzene rings is 4. The summed E-state index contributed by atoms with van der Waals surface area (Å²) in [4.78, 5) is 32.5. The van der Waals surface area contributed by atoms with Gasteiger partial charge in [-0.25, -0.2) is 21.6 Å². The summed E-state index contributed by atoms with van der Waals surface area (Å²) in [6.45, 7) is 24.8. The predicted molar refractivity (Wildman–Crippen MR) is 315 cm³/mol. The van der Waals surface area contributed by atoms with E-state index in [-0.39, 0.29) is 22.1 Å². The zero-order valence-electron chi connectivity index (χ0n) is 47.1. The summed E-state index contributed by atoms with van der Waals surface area (Å²) in [6.07, 6.45) is 12.2. The van der Waals surface area contributed by atoms with Gasteiger partial charge < -0.3 is 5.73 Å². The number of sulfonamides is 1. The van der Waals surface area contributed by atoms with E-state index in [4.69, 9.17) is 17.8 Å².